The van der Waals surface area contributed by atoms with Crippen molar-refractivity contribution in [2.75, 3.05) is 0 Å². The lowest BCUT2D eigenvalue weighted by Gasteiger charge is -2.10. The molecule has 3 aromatic carbocycles. The van der Waals surface area contributed by atoms with Crippen molar-refractivity contribution in [2.24, 2.45) is 5.10 Å². The number of ether oxygens (including phenoxy) is 1. The quantitative estimate of drug-likeness (QED) is 0.448. The van der Waals surface area contributed by atoms with Crippen LogP contribution >= 0.6 is 15.9 Å². The van der Waals surface area contributed by atoms with E-state index in [1.165, 1.54) is 12.3 Å². The van der Waals surface area contributed by atoms with Crippen LogP contribution in [0.25, 0.3) is 0 Å². The minimum atomic E-state index is -0.436. The van der Waals surface area contributed by atoms with E-state index in [-0.39, 0.29) is 5.56 Å². The first-order chi connectivity index (χ1) is 13.1. The molecule has 0 unspecified atom stereocenters. The molecule has 0 spiro atoms. The summed E-state index contributed by atoms with van der Waals surface area (Å²) in [6.07, 6.45) is 1.26. The van der Waals surface area contributed by atoms with Crippen LogP contribution in [-0.4, -0.2) is 12.1 Å². The summed E-state index contributed by atoms with van der Waals surface area (Å²) < 4.78 is 20.3. The van der Waals surface area contributed by atoms with Crippen LogP contribution in [0.4, 0.5) is 4.39 Å². The van der Waals surface area contributed by atoms with Gasteiger partial charge in [0.05, 0.1) is 11.8 Å². The largest absolute Gasteiger partial charge is 0.488 e. The summed E-state index contributed by atoms with van der Waals surface area (Å²) in [4.78, 5) is 12.4. The summed E-state index contributed by atoms with van der Waals surface area (Å²) >= 11 is 3.39. The van der Waals surface area contributed by atoms with E-state index in [1.54, 1.807) is 42.5 Å². The lowest BCUT2D eigenvalue weighted by atomic mass is 10.2. The molecule has 0 bridgehead atoms. The number of hydrazone groups is 1. The lowest BCUT2D eigenvalue weighted by Crippen LogP contribution is -2.18. The average molecular weight is 427 g/mol. The van der Waals surface area contributed by atoms with E-state index in [4.69, 9.17) is 4.74 Å². The van der Waals surface area contributed by atoms with Crippen LogP contribution in [0.1, 0.15) is 21.5 Å². The van der Waals surface area contributed by atoms with Gasteiger partial charge in [-0.2, -0.15) is 5.10 Å². The minimum Gasteiger partial charge on any atom is -0.488 e. The van der Waals surface area contributed by atoms with Crippen molar-refractivity contribution in [3.63, 3.8) is 0 Å². The maximum absolute atomic E-state index is 13.6. The van der Waals surface area contributed by atoms with E-state index in [0.717, 1.165) is 10.0 Å². The molecule has 4 nitrogen and oxygen atoms in total. The smallest absolute Gasteiger partial charge is 0.275 e. The lowest BCUT2D eigenvalue weighted by molar-refractivity contribution is 0.0950. The summed E-state index contributed by atoms with van der Waals surface area (Å²) in [7, 11) is 0. The number of rotatable bonds is 6. The number of benzene rings is 3. The third-order valence-corrected chi connectivity index (χ3v) is 4.24. The van der Waals surface area contributed by atoms with Crippen LogP contribution in [0.5, 0.6) is 5.75 Å². The van der Waals surface area contributed by atoms with Crippen LogP contribution < -0.4 is 10.2 Å². The zero-order chi connectivity index (χ0) is 19.1. The first-order valence-corrected chi connectivity index (χ1v) is 8.97. The van der Waals surface area contributed by atoms with Crippen molar-refractivity contribution >= 4 is 28.1 Å². The Morgan fingerprint density at radius 2 is 1.74 bits per heavy atom. The highest BCUT2D eigenvalue weighted by atomic mass is 79.9. The molecule has 0 radical (unpaired) electrons. The molecular weight excluding hydrogens is 411 g/mol. The molecule has 3 aromatic rings. The van der Waals surface area contributed by atoms with Crippen molar-refractivity contribution in [1.29, 1.82) is 0 Å². The van der Waals surface area contributed by atoms with Crippen molar-refractivity contribution in [1.82, 2.24) is 5.43 Å². The topological polar surface area (TPSA) is 50.7 Å². The number of nitrogens with zero attached hydrogens (tertiary/aromatic N) is 1. The second-order valence-corrected chi connectivity index (χ2v) is 6.55. The van der Waals surface area contributed by atoms with Gasteiger partial charge in [0, 0.05) is 10.0 Å². The zero-order valence-electron chi connectivity index (χ0n) is 14.2. The highest BCUT2D eigenvalue weighted by molar-refractivity contribution is 9.10. The molecule has 0 heterocycles. The molecule has 136 valence electrons. The van der Waals surface area contributed by atoms with Gasteiger partial charge in [0.15, 0.2) is 0 Å². The van der Waals surface area contributed by atoms with E-state index in [0.29, 0.717) is 17.9 Å². The van der Waals surface area contributed by atoms with E-state index in [2.05, 4.69) is 26.5 Å². The summed E-state index contributed by atoms with van der Waals surface area (Å²) in [6, 6.07) is 20.8. The molecule has 1 amide bonds. The second-order valence-electron chi connectivity index (χ2n) is 5.63. The molecule has 6 heteroatoms. The van der Waals surface area contributed by atoms with E-state index >= 15 is 0 Å². The molecule has 0 saturated heterocycles. The fraction of sp³-hybridized carbons (Fsp3) is 0.0476. The highest BCUT2D eigenvalue weighted by Crippen LogP contribution is 2.20. The molecule has 0 saturated carbocycles. The number of halogens is 2. The molecule has 0 aliphatic heterocycles. The third-order valence-electron chi connectivity index (χ3n) is 3.71. The van der Waals surface area contributed by atoms with Crippen LogP contribution in [0.3, 0.4) is 0 Å². The number of amides is 1. The maximum atomic E-state index is 13.6. The van der Waals surface area contributed by atoms with Gasteiger partial charge in [0.1, 0.15) is 18.2 Å². The Bertz CT molecular complexity index is 958. The Balaban J connectivity index is 1.66. The Labute approximate surface area is 164 Å². The molecule has 0 aliphatic rings. The maximum Gasteiger partial charge on any atom is 0.275 e. The van der Waals surface area contributed by atoms with Crippen LogP contribution in [0.2, 0.25) is 0 Å². The van der Waals surface area contributed by atoms with Gasteiger partial charge in [-0.15, -0.1) is 0 Å². The first-order valence-electron chi connectivity index (χ1n) is 8.17. The monoisotopic (exact) mass is 426 g/mol. The standard InChI is InChI=1S/C21H16BrFN2O2/c22-17-11-9-15(10-12-17)14-27-20-8-4-2-6-18(20)21(26)25-24-13-16-5-1-3-7-19(16)23/h1-13H,14H2,(H,25,26)/b24-13+. The molecule has 0 aliphatic carbocycles. The molecule has 3 rings (SSSR count). The molecule has 27 heavy (non-hydrogen) atoms. The van der Waals surface area contributed by atoms with Crippen molar-refractivity contribution < 1.29 is 13.9 Å². The number of carbonyl (C=O) groups excluding carboxylic acids is 1. The average Bonchev–Trinajstić information content (AvgIpc) is 2.69. The summed E-state index contributed by atoms with van der Waals surface area (Å²) in [5, 5.41) is 3.82. The predicted octanol–water partition coefficient (Wildman–Crippen LogP) is 4.93. The van der Waals surface area contributed by atoms with Crippen molar-refractivity contribution in [2.45, 2.75) is 6.61 Å². The summed E-state index contributed by atoms with van der Waals surface area (Å²) in [5.41, 5.74) is 4.01. The van der Waals surface area contributed by atoms with Gasteiger partial charge in [-0.1, -0.05) is 58.4 Å². The van der Waals surface area contributed by atoms with Crippen LogP contribution in [-0.2, 0) is 6.61 Å². The van der Waals surface area contributed by atoms with Gasteiger partial charge in [-0.3, -0.25) is 4.79 Å². The summed E-state index contributed by atoms with van der Waals surface area (Å²) in [6.45, 7) is 0.329. The van der Waals surface area contributed by atoms with Gasteiger partial charge >= 0.3 is 0 Å². The SMILES string of the molecule is O=C(N/N=C/c1ccccc1F)c1ccccc1OCc1ccc(Br)cc1. The third kappa shape index (κ3) is 5.24. The molecule has 0 aromatic heterocycles. The fourth-order valence-electron chi connectivity index (χ4n) is 2.32. The van der Waals surface area contributed by atoms with Gasteiger partial charge in [-0.25, -0.2) is 9.82 Å². The Kier molecular flexibility index (Phi) is 6.33. The van der Waals surface area contributed by atoms with E-state index in [9.17, 15) is 9.18 Å². The van der Waals surface area contributed by atoms with Crippen molar-refractivity contribution in [3.8, 4) is 5.75 Å². The van der Waals surface area contributed by atoms with E-state index < -0.39 is 11.7 Å². The Hall–Kier alpha value is -2.99. The number of hydrogen-bond acceptors (Lipinski definition) is 3. The summed E-state index contributed by atoms with van der Waals surface area (Å²) in [5.74, 6) is -0.401. The van der Waals surface area contributed by atoms with Gasteiger partial charge < -0.3 is 4.74 Å². The van der Waals surface area contributed by atoms with Gasteiger partial charge in [-0.05, 0) is 35.9 Å². The molecule has 1 N–H and O–H groups in total. The first kappa shape index (κ1) is 18.8. The van der Waals surface area contributed by atoms with Crippen molar-refractivity contribution in [3.05, 3.63) is 99.8 Å². The van der Waals surface area contributed by atoms with Gasteiger partial charge in [0.2, 0.25) is 0 Å². The number of nitrogens with one attached hydrogen (secondary N) is 1. The highest BCUT2D eigenvalue weighted by Gasteiger charge is 2.11. The second kappa shape index (κ2) is 9.09. The minimum absolute atomic E-state index is 0.289. The molecule has 0 atom stereocenters. The number of para-hydroxylation sites is 1. The van der Waals surface area contributed by atoms with Gasteiger partial charge in [0.25, 0.3) is 5.91 Å². The predicted molar refractivity (Wildman–Crippen MR) is 106 cm³/mol. The van der Waals surface area contributed by atoms with Crippen LogP contribution in [0.15, 0.2) is 82.4 Å². The molecular formula is C21H16BrFN2O2. The zero-order valence-corrected chi connectivity index (χ0v) is 15.8. The normalized spacial score (nSPS) is 10.7. The van der Waals surface area contributed by atoms with Crippen LogP contribution in [0, 0.1) is 5.82 Å². The number of hydrogen-bond donors (Lipinski definition) is 1. The molecule has 0 fully saturated rings. The van der Waals surface area contributed by atoms with E-state index in [1.807, 2.05) is 24.3 Å². The number of carbonyl (C=O) groups is 1. The Morgan fingerprint density at radius 1 is 1.04 bits per heavy atom. The fourth-order valence-corrected chi connectivity index (χ4v) is 2.59. The Morgan fingerprint density at radius 3 is 2.52 bits per heavy atom.